The van der Waals surface area contributed by atoms with Crippen LogP contribution in [-0.2, 0) is 4.74 Å². The molecule has 0 bridgehead atoms. The molecular formula is C14H18N2O2. The van der Waals surface area contributed by atoms with E-state index in [4.69, 9.17) is 9.15 Å². The maximum absolute atomic E-state index is 5.61. The largest absolute Gasteiger partial charge is 0.461 e. The number of nitrogens with one attached hydrogen (secondary N) is 1. The number of aryl methyl sites for hydroxylation is 1. The van der Waals surface area contributed by atoms with E-state index in [9.17, 15) is 0 Å². The third kappa shape index (κ3) is 2.08. The highest BCUT2D eigenvalue weighted by atomic mass is 16.5. The summed E-state index contributed by atoms with van der Waals surface area (Å²) < 4.78 is 11.0. The zero-order valence-corrected chi connectivity index (χ0v) is 10.8. The van der Waals surface area contributed by atoms with Crippen molar-refractivity contribution in [3.05, 3.63) is 24.1 Å². The van der Waals surface area contributed by atoms with Crippen molar-refractivity contribution in [3.63, 3.8) is 0 Å². The first-order valence-corrected chi connectivity index (χ1v) is 6.41. The summed E-state index contributed by atoms with van der Waals surface area (Å²) in [5, 5.41) is 4.58. The monoisotopic (exact) mass is 246 g/mol. The molecule has 96 valence electrons. The number of nitrogens with zero attached hydrogens (tertiary/aromatic N) is 1. The molecule has 0 aliphatic heterocycles. The molecule has 2 aromatic heterocycles. The number of hydrogen-bond donors (Lipinski definition) is 1. The Balaban J connectivity index is 1.82. The van der Waals surface area contributed by atoms with Gasteiger partial charge in [-0.05, 0) is 38.3 Å². The zero-order valence-electron chi connectivity index (χ0n) is 10.8. The number of fused-ring (bicyclic) bond motifs is 1. The van der Waals surface area contributed by atoms with Crippen LogP contribution in [0, 0.1) is 6.92 Å². The molecular weight excluding hydrogens is 228 g/mol. The van der Waals surface area contributed by atoms with Gasteiger partial charge in [-0.1, -0.05) is 0 Å². The van der Waals surface area contributed by atoms with E-state index >= 15 is 0 Å². The van der Waals surface area contributed by atoms with E-state index < -0.39 is 0 Å². The Bertz CT molecular complexity index is 550. The third-order valence-electron chi connectivity index (χ3n) is 3.63. The van der Waals surface area contributed by atoms with Gasteiger partial charge < -0.3 is 14.5 Å². The highest BCUT2D eigenvalue weighted by molar-refractivity contribution is 5.88. The maximum atomic E-state index is 5.61. The fourth-order valence-electron chi connectivity index (χ4n) is 2.68. The Morgan fingerprint density at radius 3 is 3.11 bits per heavy atom. The number of aromatic nitrogens is 1. The van der Waals surface area contributed by atoms with Crippen molar-refractivity contribution in [2.75, 3.05) is 12.4 Å². The number of anilines is 1. The quantitative estimate of drug-likeness (QED) is 0.904. The van der Waals surface area contributed by atoms with Crippen molar-refractivity contribution in [1.82, 2.24) is 4.98 Å². The molecule has 3 rings (SSSR count). The second kappa shape index (κ2) is 4.61. The lowest BCUT2D eigenvalue weighted by atomic mass is 10.2. The Morgan fingerprint density at radius 2 is 2.33 bits per heavy atom. The van der Waals surface area contributed by atoms with Gasteiger partial charge in [0.2, 0.25) is 0 Å². The highest BCUT2D eigenvalue weighted by Gasteiger charge is 2.25. The van der Waals surface area contributed by atoms with Gasteiger partial charge in [0.05, 0.1) is 11.5 Å². The van der Waals surface area contributed by atoms with Gasteiger partial charge in [-0.25, -0.2) is 4.98 Å². The molecule has 18 heavy (non-hydrogen) atoms. The van der Waals surface area contributed by atoms with Gasteiger partial charge in [0.1, 0.15) is 17.2 Å². The standard InChI is InChI=1S/C14H18N2O2/c1-9-7-12-13(18-9)5-6-15-14(12)16-10-3-4-11(8-10)17-2/h5-7,10-11H,3-4,8H2,1-2H3,(H,15,16). The van der Waals surface area contributed by atoms with Crippen molar-refractivity contribution >= 4 is 16.8 Å². The Labute approximate surface area is 106 Å². The van der Waals surface area contributed by atoms with Gasteiger partial charge in [0.15, 0.2) is 0 Å². The van der Waals surface area contributed by atoms with Gasteiger partial charge in [-0.3, -0.25) is 0 Å². The zero-order chi connectivity index (χ0) is 12.5. The lowest BCUT2D eigenvalue weighted by Gasteiger charge is -2.13. The predicted molar refractivity (Wildman–Crippen MR) is 70.8 cm³/mol. The maximum Gasteiger partial charge on any atom is 0.139 e. The second-order valence-corrected chi connectivity index (χ2v) is 4.94. The smallest absolute Gasteiger partial charge is 0.139 e. The van der Waals surface area contributed by atoms with Crippen LogP contribution in [0.5, 0.6) is 0 Å². The predicted octanol–water partition coefficient (Wildman–Crippen LogP) is 3.12. The van der Waals surface area contributed by atoms with Crippen LogP contribution in [0.25, 0.3) is 11.0 Å². The van der Waals surface area contributed by atoms with Crippen LogP contribution in [0.15, 0.2) is 22.7 Å². The molecule has 2 unspecified atom stereocenters. The molecule has 4 heteroatoms. The van der Waals surface area contributed by atoms with Crippen LogP contribution in [0.1, 0.15) is 25.0 Å². The molecule has 2 heterocycles. The Kier molecular flexibility index (Phi) is 2.96. The van der Waals surface area contributed by atoms with E-state index in [-0.39, 0.29) is 0 Å². The molecule has 2 atom stereocenters. The summed E-state index contributed by atoms with van der Waals surface area (Å²) in [4.78, 5) is 4.42. The Morgan fingerprint density at radius 1 is 1.44 bits per heavy atom. The summed E-state index contributed by atoms with van der Waals surface area (Å²) in [5.41, 5.74) is 0.895. The van der Waals surface area contributed by atoms with E-state index in [1.165, 1.54) is 0 Å². The lowest BCUT2D eigenvalue weighted by molar-refractivity contribution is 0.108. The number of ether oxygens (including phenoxy) is 1. The summed E-state index contributed by atoms with van der Waals surface area (Å²) in [7, 11) is 1.78. The third-order valence-corrected chi connectivity index (χ3v) is 3.63. The average molecular weight is 246 g/mol. The van der Waals surface area contributed by atoms with Crippen LogP contribution in [-0.4, -0.2) is 24.2 Å². The van der Waals surface area contributed by atoms with E-state index in [2.05, 4.69) is 10.3 Å². The Hall–Kier alpha value is -1.55. The lowest BCUT2D eigenvalue weighted by Crippen LogP contribution is -2.18. The van der Waals surface area contributed by atoms with Crippen molar-refractivity contribution < 1.29 is 9.15 Å². The molecule has 1 N–H and O–H groups in total. The first-order valence-electron chi connectivity index (χ1n) is 6.41. The SMILES string of the molecule is COC1CCC(Nc2nccc3oc(C)cc23)C1. The number of methoxy groups -OCH3 is 1. The highest BCUT2D eigenvalue weighted by Crippen LogP contribution is 2.29. The molecule has 0 amide bonds. The molecule has 1 aliphatic carbocycles. The van der Waals surface area contributed by atoms with Crippen molar-refractivity contribution in [2.24, 2.45) is 0 Å². The minimum atomic E-state index is 0.382. The number of pyridine rings is 1. The summed E-state index contributed by atoms with van der Waals surface area (Å²) in [5.74, 6) is 1.84. The van der Waals surface area contributed by atoms with E-state index in [1.54, 1.807) is 13.3 Å². The van der Waals surface area contributed by atoms with E-state index in [0.29, 0.717) is 12.1 Å². The van der Waals surface area contributed by atoms with Gasteiger partial charge in [0.25, 0.3) is 0 Å². The molecule has 1 fully saturated rings. The van der Waals surface area contributed by atoms with Gasteiger partial charge in [-0.2, -0.15) is 0 Å². The molecule has 2 aromatic rings. The van der Waals surface area contributed by atoms with Crippen LogP contribution >= 0.6 is 0 Å². The molecule has 4 nitrogen and oxygen atoms in total. The van der Waals surface area contributed by atoms with Crippen molar-refractivity contribution in [3.8, 4) is 0 Å². The second-order valence-electron chi connectivity index (χ2n) is 4.94. The van der Waals surface area contributed by atoms with E-state index in [1.807, 2.05) is 19.1 Å². The summed E-state index contributed by atoms with van der Waals surface area (Å²) in [6, 6.07) is 4.39. The van der Waals surface area contributed by atoms with Gasteiger partial charge in [-0.15, -0.1) is 0 Å². The molecule has 0 radical (unpaired) electrons. The van der Waals surface area contributed by atoms with E-state index in [0.717, 1.165) is 41.8 Å². The number of hydrogen-bond acceptors (Lipinski definition) is 4. The summed E-state index contributed by atoms with van der Waals surface area (Å²) in [6.07, 6.45) is 5.47. The number of rotatable bonds is 3. The summed E-state index contributed by atoms with van der Waals surface area (Å²) in [6.45, 7) is 1.96. The normalized spacial score (nSPS) is 23.7. The average Bonchev–Trinajstić information content (AvgIpc) is 2.95. The molecule has 0 spiro atoms. The van der Waals surface area contributed by atoms with Crippen LogP contribution in [0.4, 0.5) is 5.82 Å². The number of furan rings is 1. The first kappa shape index (κ1) is 11.5. The van der Waals surface area contributed by atoms with Crippen LogP contribution < -0.4 is 5.32 Å². The van der Waals surface area contributed by atoms with Gasteiger partial charge in [0, 0.05) is 19.3 Å². The minimum Gasteiger partial charge on any atom is -0.461 e. The molecule has 1 aliphatic rings. The fourth-order valence-corrected chi connectivity index (χ4v) is 2.68. The first-order chi connectivity index (χ1) is 8.76. The fraction of sp³-hybridized carbons (Fsp3) is 0.500. The molecule has 1 saturated carbocycles. The molecule has 0 aromatic carbocycles. The minimum absolute atomic E-state index is 0.382. The van der Waals surface area contributed by atoms with Crippen LogP contribution in [0.2, 0.25) is 0 Å². The topological polar surface area (TPSA) is 47.3 Å². The molecule has 0 saturated heterocycles. The van der Waals surface area contributed by atoms with Crippen LogP contribution in [0.3, 0.4) is 0 Å². The van der Waals surface area contributed by atoms with Crippen molar-refractivity contribution in [2.45, 2.75) is 38.3 Å². The van der Waals surface area contributed by atoms with Crippen molar-refractivity contribution in [1.29, 1.82) is 0 Å². The van der Waals surface area contributed by atoms with Gasteiger partial charge >= 0.3 is 0 Å². The summed E-state index contributed by atoms with van der Waals surface area (Å²) >= 11 is 0.